The number of likely N-dealkylation sites (tertiary alicyclic amines) is 1. The minimum absolute atomic E-state index is 0. The van der Waals surface area contributed by atoms with Crippen LogP contribution in [0.15, 0.2) is 87.9 Å². The maximum atomic E-state index is 5.61. The highest BCUT2D eigenvalue weighted by Crippen LogP contribution is 2.17. The Bertz CT molecular complexity index is 1220. The Kier molecular flexibility index (Phi) is 11.4. The number of nitrogens with one attached hydrogen (secondary N) is 1. The Morgan fingerprint density at radius 1 is 1.09 bits per heavy atom. The predicted octanol–water partition coefficient (Wildman–Crippen LogP) is 5.35. The topological polar surface area (TPSA) is 27.6 Å². The van der Waals surface area contributed by atoms with Gasteiger partial charge in [-0.25, -0.2) is 4.99 Å². The molecule has 0 unspecified atom stereocenters. The Balaban J connectivity index is 0.000000440. The van der Waals surface area contributed by atoms with E-state index >= 15 is 0 Å². The van der Waals surface area contributed by atoms with Gasteiger partial charge < -0.3 is 10.2 Å². The van der Waals surface area contributed by atoms with Crippen molar-refractivity contribution < 1.29 is 0 Å². The second-order valence-corrected chi connectivity index (χ2v) is 7.77. The maximum Gasteiger partial charge on any atom is 0.102 e. The summed E-state index contributed by atoms with van der Waals surface area (Å²) >= 11 is 5.61. The molecule has 0 spiro atoms. The van der Waals surface area contributed by atoms with Gasteiger partial charge in [0.1, 0.15) is 4.99 Å². The number of rotatable bonds is 1. The SMILES string of the molecule is C.C=C=C=C=C=C=C=C=C.CC1=C(C)Nc2cc(=CC(=S)N3CCC(C)CC3)ccc2=N1. The van der Waals surface area contributed by atoms with E-state index in [1.54, 1.807) is 0 Å². The Labute approximate surface area is 197 Å². The van der Waals surface area contributed by atoms with E-state index in [4.69, 9.17) is 12.2 Å². The lowest BCUT2D eigenvalue weighted by Crippen LogP contribution is -2.36. The van der Waals surface area contributed by atoms with Crippen LogP contribution in [-0.2, 0) is 0 Å². The van der Waals surface area contributed by atoms with Crippen LogP contribution < -0.4 is 15.9 Å². The highest BCUT2D eigenvalue weighted by molar-refractivity contribution is 7.81. The van der Waals surface area contributed by atoms with Gasteiger partial charge >= 0.3 is 0 Å². The molecule has 1 N–H and O–H groups in total. The zero-order chi connectivity index (χ0) is 22.6. The van der Waals surface area contributed by atoms with Crippen LogP contribution in [-0.4, -0.2) is 23.0 Å². The van der Waals surface area contributed by atoms with Crippen LogP contribution in [0.1, 0.15) is 41.0 Å². The largest absolute Gasteiger partial charge is 0.363 e. The molecule has 0 atom stereocenters. The van der Waals surface area contributed by atoms with Crippen LogP contribution >= 0.6 is 12.2 Å². The average Bonchev–Trinajstić information content (AvgIpc) is 2.75. The third-order valence-corrected chi connectivity index (χ3v) is 5.36. The lowest BCUT2D eigenvalue weighted by molar-refractivity contribution is 0.286. The fraction of sp³-hybridized carbons (Fsp3) is 0.321. The molecule has 3 nitrogen and oxygen atoms in total. The van der Waals surface area contributed by atoms with Gasteiger partial charge in [0.25, 0.3) is 0 Å². The minimum atomic E-state index is 0. The summed E-state index contributed by atoms with van der Waals surface area (Å²) in [5, 5.41) is 5.55. The van der Waals surface area contributed by atoms with Gasteiger partial charge in [-0.15, -0.1) is 0 Å². The maximum absolute atomic E-state index is 5.61. The summed E-state index contributed by atoms with van der Waals surface area (Å²) in [6.07, 6.45) is 4.58. The lowest BCUT2D eigenvalue weighted by atomic mass is 9.99. The van der Waals surface area contributed by atoms with E-state index in [1.807, 2.05) is 6.92 Å². The summed E-state index contributed by atoms with van der Waals surface area (Å²) in [5.74, 6) is 0.826. The van der Waals surface area contributed by atoms with Crippen molar-refractivity contribution in [3.63, 3.8) is 0 Å². The van der Waals surface area contributed by atoms with Gasteiger partial charge in [0.15, 0.2) is 0 Å². The number of nitrogens with zero attached hydrogens (tertiary/aromatic N) is 2. The van der Waals surface area contributed by atoms with Crippen molar-refractivity contribution in [3.8, 4) is 0 Å². The molecule has 1 aromatic carbocycles. The van der Waals surface area contributed by atoms with Crippen molar-refractivity contribution >= 4 is 29.0 Å². The van der Waals surface area contributed by atoms with E-state index in [1.165, 1.54) is 12.8 Å². The number of fused-ring (bicyclic) bond motifs is 1. The van der Waals surface area contributed by atoms with Gasteiger partial charge in [0.2, 0.25) is 0 Å². The molecule has 3 rings (SSSR count). The Morgan fingerprint density at radius 3 is 2.28 bits per heavy atom. The van der Waals surface area contributed by atoms with Crippen molar-refractivity contribution in [2.24, 2.45) is 10.9 Å². The molecular formula is C28H31N3S. The molecule has 2 heterocycles. The van der Waals surface area contributed by atoms with Gasteiger partial charge in [0.05, 0.1) is 16.7 Å². The van der Waals surface area contributed by atoms with Crippen molar-refractivity contribution in [2.75, 3.05) is 18.4 Å². The summed E-state index contributed by atoms with van der Waals surface area (Å²) in [7, 11) is 0. The smallest absolute Gasteiger partial charge is 0.102 e. The molecule has 32 heavy (non-hydrogen) atoms. The molecule has 0 bridgehead atoms. The summed E-state index contributed by atoms with van der Waals surface area (Å²) in [5.41, 5.74) is 20.2. The Morgan fingerprint density at radius 2 is 1.69 bits per heavy atom. The van der Waals surface area contributed by atoms with E-state index in [0.717, 1.165) is 51.7 Å². The van der Waals surface area contributed by atoms with Crippen LogP contribution in [0.4, 0.5) is 5.69 Å². The summed E-state index contributed by atoms with van der Waals surface area (Å²) < 4.78 is 0. The van der Waals surface area contributed by atoms with Crippen LogP contribution in [0, 0.1) is 5.92 Å². The highest BCUT2D eigenvalue weighted by atomic mass is 32.1. The number of piperidine rings is 1. The quantitative estimate of drug-likeness (QED) is 0.470. The van der Waals surface area contributed by atoms with E-state index in [0.29, 0.717) is 0 Å². The van der Waals surface area contributed by atoms with Gasteiger partial charge in [-0.1, -0.05) is 44.1 Å². The third kappa shape index (κ3) is 8.34. The van der Waals surface area contributed by atoms with Gasteiger partial charge in [-0.05, 0) is 97.8 Å². The van der Waals surface area contributed by atoms with Crippen molar-refractivity contribution in [1.29, 1.82) is 0 Å². The third-order valence-electron chi connectivity index (χ3n) is 4.99. The number of anilines is 1. The fourth-order valence-electron chi connectivity index (χ4n) is 3.04. The molecule has 2 aliphatic heterocycles. The first kappa shape index (κ1) is 26.6. The minimum Gasteiger partial charge on any atom is -0.363 e. The molecule has 0 radical (unpaired) electrons. The van der Waals surface area contributed by atoms with E-state index in [-0.39, 0.29) is 7.43 Å². The molecule has 1 aromatic rings. The molecule has 164 valence electrons. The average molecular weight is 442 g/mol. The normalized spacial score (nSPS) is 14.5. The standard InChI is InChI=1S/C18H23N3S.C9H4.CH4/c1-12-6-8-21(9-7-12)18(22)11-15-4-5-16-17(10-15)20-14(3)13(2)19-16;1-3-5-7-9-8-6-4-2;/h4-5,10-12,20H,6-9H2,1-3H3;1-2H2;1H4. The Hall–Kier alpha value is -3.48. The molecule has 0 saturated carbocycles. The molecule has 1 fully saturated rings. The van der Waals surface area contributed by atoms with Crippen LogP contribution in [0.2, 0.25) is 0 Å². The van der Waals surface area contributed by atoms with Gasteiger partial charge in [-0.2, -0.15) is 0 Å². The molecule has 4 heteroatoms. The molecule has 0 amide bonds. The zero-order valence-corrected chi connectivity index (χ0v) is 19.2. The van der Waals surface area contributed by atoms with E-state index < -0.39 is 0 Å². The summed E-state index contributed by atoms with van der Waals surface area (Å²) in [6.45, 7) is 15.1. The zero-order valence-electron chi connectivity index (χ0n) is 18.4. The van der Waals surface area contributed by atoms with Crippen LogP contribution in [0.5, 0.6) is 0 Å². The lowest BCUT2D eigenvalue weighted by Gasteiger charge is -2.31. The van der Waals surface area contributed by atoms with Crippen molar-refractivity contribution in [3.05, 3.63) is 93.4 Å². The fourth-order valence-corrected chi connectivity index (χ4v) is 3.36. The molecule has 0 aliphatic carbocycles. The number of hydrogen-bond donors (Lipinski definition) is 1. The van der Waals surface area contributed by atoms with Crippen LogP contribution in [0.3, 0.4) is 0 Å². The van der Waals surface area contributed by atoms with Crippen molar-refractivity contribution in [2.45, 2.75) is 41.0 Å². The number of thiocarbonyl (C=S) groups is 1. The highest BCUT2D eigenvalue weighted by Gasteiger charge is 2.16. The monoisotopic (exact) mass is 441 g/mol. The second-order valence-electron chi connectivity index (χ2n) is 7.35. The number of benzene rings is 1. The van der Waals surface area contributed by atoms with Gasteiger partial charge in [-0.3, -0.25) is 0 Å². The summed E-state index contributed by atoms with van der Waals surface area (Å²) in [4.78, 5) is 7.87. The first-order valence-corrected chi connectivity index (χ1v) is 10.6. The van der Waals surface area contributed by atoms with Crippen molar-refractivity contribution in [1.82, 2.24) is 4.90 Å². The van der Waals surface area contributed by atoms with Crippen LogP contribution in [0.25, 0.3) is 6.08 Å². The summed E-state index contributed by atoms with van der Waals surface area (Å²) in [6, 6.07) is 6.29. The first-order valence-electron chi connectivity index (χ1n) is 10.2. The number of allylic oxidation sites excluding steroid dienone is 2. The molecular weight excluding hydrogens is 410 g/mol. The first-order chi connectivity index (χ1) is 14.9. The number of hydrogen-bond acceptors (Lipinski definition) is 3. The van der Waals surface area contributed by atoms with E-state index in [9.17, 15) is 0 Å². The molecule has 2 aliphatic rings. The molecule has 1 saturated heterocycles. The predicted molar refractivity (Wildman–Crippen MR) is 139 cm³/mol. The molecule has 0 aromatic heterocycles. The van der Waals surface area contributed by atoms with E-state index in [2.05, 4.69) is 107 Å². The van der Waals surface area contributed by atoms with Gasteiger partial charge in [0, 0.05) is 18.8 Å². The second kappa shape index (κ2) is 13.7.